The smallest absolute Gasteiger partial charge is 0.0406 e. The van der Waals surface area contributed by atoms with Gasteiger partial charge in [0.05, 0.1) is 0 Å². The van der Waals surface area contributed by atoms with Gasteiger partial charge >= 0.3 is 0 Å². The van der Waals surface area contributed by atoms with Gasteiger partial charge in [-0.2, -0.15) is 0 Å². The van der Waals surface area contributed by atoms with Crippen LogP contribution in [0.1, 0.15) is 30.5 Å². The number of hydrogen-bond donors (Lipinski definition) is 1. The van der Waals surface area contributed by atoms with Crippen LogP contribution in [-0.4, -0.2) is 6.54 Å². The van der Waals surface area contributed by atoms with Crippen molar-refractivity contribution in [2.45, 2.75) is 25.8 Å². The molecule has 1 N–H and O–H groups in total. The first-order valence-electron chi connectivity index (χ1n) is 6.82. The lowest BCUT2D eigenvalue weighted by atomic mass is 10.0. The first-order chi connectivity index (χ1) is 9.29. The predicted octanol–water partition coefficient (Wildman–Crippen LogP) is 4.62. The zero-order chi connectivity index (χ0) is 13.5. The number of nitrogens with one attached hydrogen (secondary N) is 1. The SMILES string of the molecule is CCC(NCCc1ccc(Cl)cc1)c1ccccc1. The van der Waals surface area contributed by atoms with Crippen molar-refractivity contribution in [2.75, 3.05) is 6.54 Å². The maximum absolute atomic E-state index is 5.88. The maximum atomic E-state index is 5.88. The van der Waals surface area contributed by atoms with Crippen LogP contribution in [0.2, 0.25) is 5.02 Å². The molecule has 0 aliphatic rings. The van der Waals surface area contributed by atoms with Crippen molar-refractivity contribution in [3.63, 3.8) is 0 Å². The molecule has 0 aliphatic carbocycles. The predicted molar refractivity (Wildman–Crippen MR) is 82.6 cm³/mol. The Balaban J connectivity index is 1.85. The highest BCUT2D eigenvalue weighted by atomic mass is 35.5. The van der Waals surface area contributed by atoms with Crippen molar-refractivity contribution in [1.29, 1.82) is 0 Å². The molecule has 0 amide bonds. The van der Waals surface area contributed by atoms with E-state index < -0.39 is 0 Å². The van der Waals surface area contributed by atoms with Crippen LogP contribution in [0.25, 0.3) is 0 Å². The van der Waals surface area contributed by atoms with Crippen LogP contribution in [0.4, 0.5) is 0 Å². The van der Waals surface area contributed by atoms with Gasteiger partial charge in [-0.3, -0.25) is 0 Å². The minimum atomic E-state index is 0.438. The average molecular weight is 274 g/mol. The van der Waals surface area contributed by atoms with Crippen LogP contribution in [0.15, 0.2) is 54.6 Å². The topological polar surface area (TPSA) is 12.0 Å². The molecule has 0 aromatic heterocycles. The van der Waals surface area contributed by atoms with Crippen LogP contribution in [-0.2, 0) is 6.42 Å². The summed E-state index contributed by atoms with van der Waals surface area (Å²) in [6.45, 7) is 3.20. The molecule has 2 heteroatoms. The Kier molecular flexibility index (Phi) is 5.44. The maximum Gasteiger partial charge on any atom is 0.0406 e. The van der Waals surface area contributed by atoms with Gasteiger partial charge in [-0.1, -0.05) is 61.0 Å². The van der Waals surface area contributed by atoms with Crippen LogP contribution in [0.3, 0.4) is 0 Å². The first kappa shape index (κ1) is 14.1. The zero-order valence-corrected chi connectivity index (χ0v) is 12.0. The van der Waals surface area contributed by atoms with Gasteiger partial charge < -0.3 is 5.32 Å². The van der Waals surface area contributed by atoms with Gasteiger partial charge in [0, 0.05) is 11.1 Å². The molecule has 2 rings (SSSR count). The van der Waals surface area contributed by atoms with Gasteiger partial charge in [0.1, 0.15) is 0 Å². The van der Waals surface area contributed by atoms with Crippen LogP contribution < -0.4 is 5.32 Å². The van der Waals surface area contributed by atoms with E-state index in [9.17, 15) is 0 Å². The fourth-order valence-electron chi connectivity index (χ4n) is 2.23. The van der Waals surface area contributed by atoms with Crippen molar-refractivity contribution < 1.29 is 0 Å². The summed E-state index contributed by atoms with van der Waals surface area (Å²) in [5.41, 5.74) is 2.68. The van der Waals surface area contributed by atoms with E-state index in [1.165, 1.54) is 11.1 Å². The Bertz CT molecular complexity index is 478. The number of rotatable bonds is 6. The zero-order valence-electron chi connectivity index (χ0n) is 11.3. The summed E-state index contributed by atoms with van der Waals surface area (Å²) in [7, 11) is 0. The molecule has 0 saturated carbocycles. The monoisotopic (exact) mass is 273 g/mol. The summed E-state index contributed by atoms with van der Waals surface area (Å²) < 4.78 is 0. The highest BCUT2D eigenvalue weighted by Gasteiger charge is 2.07. The van der Waals surface area contributed by atoms with E-state index in [1.807, 2.05) is 12.1 Å². The molecular formula is C17H20ClN. The molecule has 0 spiro atoms. The van der Waals surface area contributed by atoms with Crippen molar-refractivity contribution in [3.05, 3.63) is 70.7 Å². The summed E-state index contributed by atoms with van der Waals surface area (Å²) in [4.78, 5) is 0. The second kappa shape index (κ2) is 7.32. The second-order valence-electron chi connectivity index (χ2n) is 4.70. The first-order valence-corrected chi connectivity index (χ1v) is 7.20. The third-order valence-electron chi connectivity index (χ3n) is 3.33. The van der Waals surface area contributed by atoms with E-state index in [-0.39, 0.29) is 0 Å². The van der Waals surface area contributed by atoms with Crippen LogP contribution >= 0.6 is 11.6 Å². The van der Waals surface area contributed by atoms with Gasteiger partial charge in [0.25, 0.3) is 0 Å². The molecule has 100 valence electrons. The Morgan fingerprint density at radius 3 is 2.32 bits per heavy atom. The minimum absolute atomic E-state index is 0.438. The van der Waals surface area contributed by atoms with E-state index in [0.717, 1.165) is 24.4 Å². The molecule has 0 radical (unpaired) electrons. The Morgan fingerprint density at radius 1 is 1.00 bits per heavy atom. The number of hydrogen-bond acceptors (Lipinski definition) is 1. The van der Waals surface area contributed by atoms with Gasteiger partial charge in [-0.15, -0.1) is 0 Å². The standard InChI is InChI=1S/C17H20ClN/c1-2-17(15-6-4-3-5-7-15)19-13-12-14-8-10-16(18)11-9-14/h3-11,17,19H,2,12-13H2,1H3. The minimum Gasteiger partial charge on any atom is -0.310 e. The van der Waals surface area contributed by atoms with Gasteiger partial charge in [0.15, 0.2) is 0 Å². The fourth-order valence-corrected chi connectivity index (χ4v) is 2.35. The largest absolute Gasteiger partial charge is 0.310 e. The molecule has 1 atom stereocenters. The molecular weight excluding hydrogens is 254 g/mol. The van der Waals surface area contributed by atoms with Crippen molar-refractivity contribution in [3.8, 4) is 0 Å². The molecule has 19 heavy (non-hydrogen) atoms. The summed E-state index contributed by atoms with van der Waals surface area (Å²) in [6, 6.07) is 19.1. The molecule has 2 aromatic rings. The lowest BCUT2D eigenvalue weighted by molar-refractivity contribution is 0.522. The molecule has 2 aromatic carbocycles. The highest BCUT2D eigenvalue weighted by Crippen LogP contribution is 2.16. The summed E-state index contributed by atoms with van der Waals surface area (Å²) in [5.74, 6) is 0. The Labute approximate surface area is 120 Å². The third-order valence-corrected chi connectivity index (χ3v) is 3.58. The van der Waals surface area contributed by atoms with E-state index in [4.69, 9.17) is 11.6 Å². The average Bonchev–Trinajstić information content (AvgIpc) is 2.46. The van der Waals surface area contributed by atoms with Gasteiger partial charge in [-0.25, -0.2) is 0 Å². The second-order valence-corrected chi connectivity index (χ2v) is 5.14. The molecule has 0 aliphatic heterocycles. The van der Waals surface area contributed by atoms with Crippen molar-refractivity contribution in [1.82, 2.24) is 5.32 Å². The summed E-state index contributed by atoms with van der Waals surface area (Å²) >= 11 is 5.88. The van der Waals surface area contributed by atoms with Crippen molar-refractivity contribution >= 4 is 11.6 Å². The van der Waals surface area contributed by atoms with E-state index in [2.05, 4.69) is 54.7 Å². The lowest BCUT2D eigenvalue weighted by Gasteiger charge is -2.17. The fraction of sp³-hybridized carbons (Fsp3) is 0.294. The summed E-state index contributed by atoms with van der Waals surface area (Å²) in [5, 5.41) is 4.41. The molecule has 0 heterocycles. The molecule has 0 saturated heterocycles. The van der Waals surface area contributed by atoms with Gasteiger partial charge in [-0.05, 0) is 42.6 Å². The molecule has 1 unspecified atom stereocenters. The van der Waals surface area contributed by atoms with E-state index >= 15 is 0 Å². The van der Waals surface area contributed by atoms with Crippen LogP contribution in [0.5, 0.6) is 0 Å². The summed E-state index contributed by atoms with van der Waals surface area (Å²) in [6.07, 6.45) is 2.13. The van der Waals surface area contributed by atoms with E-state index in [1.54, 1.807) is 0 Å². The lowest BCUT2D eigenvalue weighted by Crippen LogP contribution is -2.23. The normalized spacial score (nSPS) is 12.3. The Morgan fingerprint density at radius 2 is 1.68 bits per heavy atom. The highest BCUT2D eigenvalue weighted by molar-refractivity contribution is 6.30. The van der Waals surface area contributed by atoms with E-state index in [0.29, 0.717) is 6.04 Å². The number of halogens is 1. The molecule has 0 bridgehead atoms. The quantitative estimate of drug-likeness (QED) is 0.810. The van der Waals surface area contributed by atoms with Crippen LogP contribution in [0, 0.1) is 0 Å². The molecule has 1 nitrogen and oxygen atoms in total. The number of benzene rings is 2. The Hall–Kier alpha value is -1.31. The van der Waals surface area contributed by atoms with Crippen molar-refractivity contribution in [2.24, 2.45) is 0 Å². The van der Waals surface area contributed by atoms with Gasteiger partial charge in [0.2, 0.25) is 0 Å². The molecule has 0 fully saturated rings. The third kappa shape index (κ3) is 4.38.